The van der Waals surface area contributed by atoms with Crippen molar-refractivity contribution in [1.82, 2.24) is 19.9 Å². The SMILES string of the molecule is NCc1cn(CC2CCCN(C(=O)C=Cc3cc(F)ccc3F)C2)nn1. The van der Waals surface area contributed by atoms with Crippen LogP contribution in [0.4, 0.5) is 8.78 Å². The first-order valence-corrected chi connectivity index (χ1v) is 8.56. The van der Waals surface area contributed by atoms with E-state index in [4.69, 9.17) is 5.73 Å². The number of hydrogen-bond donors (Lipinski definition) is 1. The Hall–Kier alpha value is -2.61. The normalized spacial score (nSPS) is 17.8. The van der Waals surface area contributed by atoms with Gasteiger partial charge in [0.1, 0.15) is 11.6 Å². The molecule has 1 aromatic heterocycles. The van der Waals surface area contributed by atoms with Crippen molar-refractivity contribution in [2.75, 3.05) is 13.1 Å². The lowest BCUT2D eigenvalue weighted by Crippen LogP contribution is -2.40. The van der Waals surface area contributed by atoms with E-state index in [9.17, 15) is 13.6 Å². The molecule has 0 bridgehead atoms. The van der Waals surface area contributed by atoms with Crippen LogP contribution < -0.4 is 5.73 Å². The summed E-state index contributed by atoms with van der Waals surface area (Å²) in [6.45, 7) is 2.25. The van der Waals surface area contributed by atoms with E-state index in [0.29, 0.717) is 26.2 Å². The number of nitrogens with two attached hydrogens (primary N) is 1. The fraction of sp³-hybridized carbons (Fsp3) is 0.389. The second-order valence-corrected chi connectivity index (χ2v) is 6.43. The summed E-state index contributed by atoms with van der Waals surface area (Å²) in [5.41, 5.74) is 6.32. The maximum Gasteiger partial charge on any atom is 0.246 e. The number of piperidine rings is 1. The molecule has 8 heteroatoms. The molecule has 138 valence electrons. The van der Waals surface area contributed by atoms with Gasteiger partial charge >= 0.3 is 0 Å². The van der Waals surface area contributed by atoms with E-state index >= 15 is 0 Å². The number of nitrogens with zero attached hydrogens (tertiary/aromatic N) is 4. The molecule has 2 N–H and O–H groups in total. The first kappa shape index (κ1) is 18.2. The van der Waals surface area contributed by atoms with Crippen molar-refractivity contribution in [3.8, 4) is 0 Å². The summed E-state index contributed by atoms with van der Waals surface area (Å²) in [6, 6.07) is 3.16. The second kappa shape index (κ2) is 8.18. The van der Waals surface area contributed by atoms with E-state index in [-0.39, 0.29) is 17.4 Å². The van der Waals surface area contributed by atoms with Crippen LogP contribution in [0.1, 0.15) is 24.1 Å². The molecule has 1 aliphatic rings. The summed E-state index contributed by atoms with van der Waals surface area (Å²) in [4.78, 5) is 14.1. The molecule has 6 nitrogen and oxygen atoms in total. The molecule has 1 unspecified atom stereocenters. The highest BCUT2D eigenvalue weighted by Crippen LogP contribution is 2.19. The van der Waals surface area contributed by atoms with Gasteiger partial charge in [-0.25, -0.2) is 8.78 Å². The lowest BCUT2D eigenvalue weighted by molar-refractivity contribution is -0.127. The van der Waals surface area contributed by atoms with Crippen LogP contribution in [0.25, 0.3) is 6.08 Å². The van der Waals surface area contributed by atoms with Crippen molar-refractivity contribution < 1.29 is 13.6 Å². The van der Waals surface area contributed by atoms with Crippen molar-refractivity contribution in [3.63, 3.8) is 0 Å². The van der Waals surface area contributed by atoms with Gasteiger partial charge in [-0.1, -0.05) is 5.21 Å². The Morgan fingerprint density at radius 1 is 1.38 bits per heavy atom. The Labute approximate surface area is 150 Å². The van der Waals surface area contributed by atoms with Gasteiger partial charge < -0.3 is 10.6 Å². The topological polar surface area (TPSA) is 77.0 Å². The summed E-state index contributed by atoms with van der Waals surface area (Å²) in [7, 11) is 0. The zero-order chi connectivity index (χ0) is 18.5. The maximum absolute atomic E-state index is 13.6. The number of amides is 1. The van der Waals surface area contributed by atoms with Gasteiger partial charge in [-0.3, -0.25) is 9.48 Å². The Kier molecular flexibility index (Phi) is 5.72. The molecule has 26 heavy (non-hydrogen) atoms. The van der Waals surface area contributed by atoms with E-state index in [1.807, 2.05) is 6.20 Å². The van der Waals surface area contributed by atoms with Gasteiger partial charge in [-0.2, -0.15) is 0 Å². The van der Waals surface area contributed by atoms with E-state index in [1.54, 1.807) is 9.58 Å². The Morgan fingerprint density at radius 2 is 2.23 bits per heavy atom. The molecule has 0 spiro atoms. The summed E-state index contributed by atoms with van der Waals surface area (Å²) in [5.74, 6) is -1.05. The third-order valence-electron chi connectivity index (χ3n) is 4.43. The van der Waals surface area contributed by atoms with Crippen LogP contribution in [0, 0.1) is 17.6 Å². The third kappa shape index (κ3) is 4.51. The molecule has 0 radical (unpaired) electrons. The summed E-state index contributed by atoms with van der Waals surface area (Å²) in [5, 5.41) is 8.00. The Balaban J connectivity index is 1.60. The number of hydrogen-bond acceptors (Lipinski definition) is 4. The molecule has 1 aliphatic heterocycles. The van der Waals surface area contributed by atoms with Crippen LogP contribution in [-0.4, -0.2) is 38.9 Å². The molecule has 2 heterocycles. The molecule has 1 saturated heterocycles. The quantitative estimate of drug-likeness (QED) is 0.826. The number of halogens is 2. The standard InChI is InChI=1S/C18H21F2N5O/c19-15-4-5-17(20)14(8-15)3-6-18(26)24-7-1-2-13(10-24)11-25-12-16(9-21)22-23-25/h3-6,8,12-13H,1-2,7,9-11,21H2. The number of carbonyl (C=O) groups is 1. The van der Waals surface area contributed by atoms with Crippen molar-refractivity contribution in [3.05, 3.63) is 53.4 Å². The Morgan fingerprint density at radius 3 is 3.00 bits per heavy atom. The summed E-state index contributed by atoms with van der Waals surface area (Å²) < 4.78 is 28.6. The van der Waals surface area contributed by atoms with Crippen LogP contribution in [0.15, 0.2) is 30.5 Å². The van der Waals surface area contributed by atoms with Crippen LogP contribution in [0.2, 0.25) is 0 Å². The molecule has 0 aliphatic carbocycles. The van der Waals surface area contributed by atoms with Gasteiger partial charge in [0.15, 0.2) is 0 Å². The molecule has 1 aromatic carbocycles. The number of carbonyl (C=O) groups excluding carboxylic acids is 1. The minimum Gasteiger partial charge on any atom is -0.339 e. The lowest BCUT2D eigenvalue weighted by atomic mass is 9.98. The average molecular weight is 361 g/mol. The average Bonchev–Trinajstić information content (AvgIpc) is 3.10. The highest BCUT2D eigenvalue weighted by molar-refractivity contribution is 5.91. The maximum atomic E-state index is 13.6. The van der Waals surface area contributed by atoms with E-state index in [1.165, 1.54) is 12.2 Å². The molecule has 2 aromatic rings. The second-order valence-electron chi connectivity index (χ2n) is 6.43. The molecule has 1 atom stereocenters. The minimum atomic E-state index is -0.561. The summed E-state index contributed by atoms with van der Waals surface area (Å²) >= 11 is 0. The van der Waals surface area contributed by atoms with Crippen molar-refractivity contribution in [2.24, 2.45) is 11.7 Å². The zero-order valence-electron chi connectivity index (χ0n) is 14.3. The number of aromatic nitrogens is 3. The first-order chi connectivity index (χ1) is 12.5. The largest absolute Gasteiger partial charge is 0.339 e. The van der Waals surface area contributed by atoms with Gasteiger partial charge in [0, 0.05) is 44.0 Å². The number of rotatable bonds is 5. The molecular formula is C18H21F2N5O. The molecular weight excluding hydrogens is 340 g/mol. The fourth-order valence-corrected chi connectivity index (χ4v) is 3.11. The monoisotopic (exact) mass is 361 g/mol. The number of benzene rings is 1. The molecule has 3 rings (SSSR count). The zero-order valence-corrected chi connectivity index (χ0v) is 14.3. The van der Waals surface area contributed by atoms with Crippen molar-refractivity contribution in [2.45, 2.75) is 25.9 Å². The minimum absolute atomic E-state index is 0.0591. The van der Waals surface area contributed by atoms with E-state index < -0.39 is 11.6 Å². The van der Waals surface area contributed by atoms with Crippen LogP contribution in [0.5, 0.6) is 0 Å². The lowest BCUT2D eigenvalue weighted by Gasteiger charge is -2.32. The van der Waals surface area contributed by atoms with E-state index in [2.05, 4.69) is 10.3 Å². The van der Waals surface area contributed by atoms with Crippen LogP contribution in [-0.2, 0) is 17.9 Å². The fourth-order valence-electron chi connectivity index (χ4n) is 3.11. The van der Waals surface area contributed by atoms with Crippen LogP contribution in [0.3, 0.4) is 0 Å². The highest BCUT2D eigenvalue weighted by atomic mass is 19.1. The predicted octanol–water partition coefficient (Wildman–Crippen LogP) is 1.97. The van der Waals surface area contributed by atoms with Crippen LogP contribution >= 0.6 is 0 Å². The highest BCUT2D eigenvalue weighted by Gasteiger charge is 2.23. The molecule has 1 amide bonds. The van der Waals surface area contributed by atoms with Gasteiger partial charge in [-0.05, 0) is 43.0 Å². The summed E-state index contributed by atoms with van der Waals surface area (Å²) in [6.07, 6.45) is 6.30. The van der Waals surface area contributed by atoms with E-state index in [0.717, 1.165) is 36.7 Å². The third-order valence-corrected chi connectivity index (χ3v) is 4.43. The van der Waals surface area contributed by atoms with Crippen molar-refractivity contribution >= 4 is 12.0 Å². The van der Waals surface area contributed by atoms with Gasteiger partial charge in [-0.15, -0.1) is 5.10 Å². The van der Waals surface area contributed by atoms with Gasteiger partial charge in [0.05, 0.1) is 5.69 Å². The number of likely N-dealkylation sites (tertiary alicyclic amines) is 1. The first-order valence-electron chi connectivity index (χ1n) is 8.56. The smallest absolute Gasteiger partial charge is 0.246 e. The predicted molar refractivity (Wildman–Crippen MR) is 92.6 cm³/mol. The van der Waals surface area contributed by atoms with Gasteiger partial charge in [0.25, 0.3) is 0 Å². The van der Waals surface area contributed by atoms with Crippen molar-refractivity contribution in [1.29, 1.82) is 0 Å². The molecule has 1 fully saturated rings. The Bertz CT molecular complexity index is 805. The van der Waals surface area contributed by atoms with Gasteiger partial charge in [0.2, 0.25) is 5.91 Å². The molecule has 0 saturated carbocycles.